The highest BCUT2D eigenvalue weighted by Crippen LogP contribution is 2.15. The molecule has 5 heteroatoms. The van der Waals surface area contributed by atoms with E-state index in [-0.39, 0.29) is 17.0 Å². The molecule has 2 aromatic rings. The van der Waals surface area contributed by atoms with E-state index in [4.69, 9.17) is 5.26 Å². The van der Waals surface area contributed by atoms with Crippen LogP contribution in [0, 0.1) is 11.3 Å². The van der Waals surface area contributed by atoms with Crippen LogP contribution in [0.4, 0.5) is 0 Å². The first-order chi connectivity index (χ1) is 11.0. The summed E-state index contributed by atoms with van der Waals surface area (Å²) in [5, 5.41) is 9.05. The van der Waals surface area contributed by atoms with Gasteiger partial charge in [-0.3, -0.25) is 4.79 Å². The Bertz CT molecular complexity index is 812. The van der Waals surface area contributed by atoms with Crippen LogP contribution in [0.5, 0.6) is 0 Å². The number of methoxy groups -OCH3 is 1. The molecule has 1 heterocycles. The number of carbonyl (C=O) groups excluding carboxylic acids is 1. The average molecular weight is 310 g/mol. The number of benzene rings is 1. The highest BCUT2D eigenvalue weighted by atomic mass is 16.5. The maximum absolute atomic E-state index is 12.4. The van der Waals surface area contributed by atoms with Gasteiger partial charge in [0.1, 0.15) is 11.6 Å². The molecule has 0 spiro atoms. The molecule has 0 radical (unpaired) electrons. The maximum atomic E-state index is 12.4. The van der Waals surface area contributed by atoms with Crippen molar-refractivity contribution >= 4 is 5.97 Å². The number of rotatable bonds is 4. The molecule has 23 heavy (non-hydrogen) atoms. The monoisotopic (exact) mass is 310 g/mol. The van der Waals surface area contributed by atoms with E-state index in [0.717, 1.165) is 11.3 Å². The Balaban J connectivity index is 2.41. The molecule has 0 saturated heterocycles. The van der Waals surface area contributed by atoms with Gasteiger partial charge in [-0.05, 0) is 35.7 Å². The molecule has 1 aromatic carbocycles. The van der Waals surface area contributed by atoms with Gasteiger partial charge in [-0.2, -0.15) is 5.26 Å². The lowest BCUT2D eigenvalue weighted by Crippen LogP contribution is -2.26. The molecule has 2 rings (SSSR count). The van der Waals surface area contributed by atoms with Gasteiger partial charge in [-0.25, -0.2) is 4.79 Å². The number of hydrogen-bond donors (Lipinski definition) is 0. The van der Waals surface area contributed by atoms with Crippen molar-refractivity contribution in [1.29, 1.82) is 5.26 Å². The molecule has 0 bridgehead atoms. The zero-order valence-electron chi connectivity index (χ0n) is 13.4. The van der Waals surface area contributed by atoms with Gasteiger partial charge < -0.3 is 9.30 Å². The van der Waals surface area contributed by atoms with Gasteiger partial charge in [0.15, 0.2) is 0 Å². The standard InChI is InChI=1S/C18H18N2O3/c1-12(2)16-9-8-15(10-19)17(21)20(16)11-13-4-6-14(7-5-13)18(22)23-3/h4-9,12H,11H2,1-3H3. The zero-order valence-corrected chi connectivity index (χ0v) is 13.4. The van der Waals surface area contributed by atoms with Crippen LogP contribution in [0.2, 0.25) is 0 Å². The molecular weight excluding hydrogens is 292 g/mol. The number of hydrogen-bond acceptors (Lipinski definition) is 4. The van der Waals surface area contributed by atoms with Crippen LogP contribution in [-0.2, 0) is 11.3 Å². The molecule has 0 amide bonds. The van der Waals surface area contributed by atoms with Gasteiger partial charge >= 0.3 is 5.97 Å². The van der Waals surface area contributed by atoms with Gasteiger partial charge in [0.05, 0.1) is 19.2 Å². The van der Waals surface area contributed by atoms with Gasteiger partial charge in [0.25, 0.3) is 5.56 Å². The van der Waals surface area contributed by atoms with E-state index < -0.39 is 5.97 Å². The molecular formula is C18H18N2O3. The third-order valence-electron chi connectivity index (χ3n) is 3.64. The third-order valence-corrected chi connectivity index (χ3v) is 3.64. The summed E-state index contributed by atoms with van der Waals surface area (Å²) in [6.45, 7) is 4.35. The van der Waals surface area contributed by atoms with E-state index >= 15 is 0 Å². The van der Waals surface area contributed by atoms with E-state index in [9.17, 15) is 9.59 Å². The molecule has 0 aliphatic rings. The van der Waals surface area contributed by atoms with Crippen LogP contribution >= 0.6 is 0 Å². The Kier molecular flexibility index (Phi) is 4.97. The summed E-state index contributed by atoms with van der Waals surface area (Å²) < 4.78 is 6.27. The minimum Gasteiger partial charge on any atom is -0.465 e. The molecule has 1 aromatic heterocycles. The van der Waals surface area contributed by atoms with Crippen molar-refractivity contribution in [3.63, 3.8) is 0 Å². The molecule has 0 aliphatic heterocycles. The number of esters is 1. The zero-order chi connectivity index (χ0) is 17.0. The third kappa shape index (κ3) is 3.49. The quantitative estimate of drug-likeness (QED) is 0.814. The van der Waals surface area contributed by atoms with Gasteiger partial charge in [0.2, 0.25) is 0 Å². The van der Waals surface area contributed by atoms with Gasteiger partial charge in [-0.1, -0.05) is 26.0 Å². The van der Waals surface area contributed by atoms with Crippen molar-refractivity contribution in [2.75, 3.05) is 7.11 Å². The van der Waals surface area contributed by atoms with Crippen LogP contribution in [0.25, 0.3) is 0 Å². The van der Waals surface area contributed by atoms with Crippen molar-refractivity contribution in [3.05, 3.63) is 69.1 Å². The molecule has 0 atom stereocenters. The molecule has 0 fully saturated rings. The van der Waals surface area contributed by atoms with E-state index in [2.05, 4.69) is 4.74 Å². The summed E-state index contributed by atoms with van der Waals surface area (Å²) in [5.41, 5.74) is 2.03. The van der Waals surface area contributed by atoms with E-state index in [1.807, 2.05) is 26.0 Å². The number of pyridine rings is 1. The fraction of sp³-hybridized carbons (Fsp3) is 0.278. The summed E-state index contributed by atoms with van der Waals surface area (Å²) >= 11 is 0. The molecule has 0 N–H and O–H groups in total. The van der Waals surface area contributed by atoms with Crippen molar-refractivity contribution < 1.29 is 9.53 Å². The number of carbonyl (C=O) groups is 1. The fourth-order valence-electron chi connectivity index (χ4n) is 2.39. The Labute approximate surface area is 134 Å². The van der Waals surface area contributed by atoms with Crippen LogP contribution < -0.4 is 5.56 Å². The summed E-state index contributed by atoms with van der Waals surface area (Å²) in [6.07, 6.45) is 0. The van der Waals surface area contributed by atoms with Crippen molar-refractivity contribution in [2.24, 2.45) is 0 Å². The summed E-state index contributed by atoms with van der Waals surface area (Å²) in [4.78, 5) is 23.9. The summed E-state index contributed by atoms with van der Waals surface area (Å²) in [7, 11) is 1.33. The Hall–Kier alpha value is -2.87. The second kappa shape index (κ2) is 6.93. The number of nitriles is 1. The lowest BCUT2D eigenvalue weighted by molar-refractivity contribution is 0.0600. The fourth-order valence-corrected chi connectivity index (χ4v) is 2.39. The smallest absolute Gasteiger partial charge is 0.337 e. The van der Waals surface area contributed by atoms with Crippen LogP contribution in [0.1, 0.15) is 46.9 Å². The van der Waals surface area contributed by atoms with Gasteiger partial charge in [-0.15, -0.1) is 0 Å². The summed E-state index contributed by atoms with van der Waals surface area (Å²) in [5.74, 6) is -0.243. The van der Waals surface area contributed by atoms with E-state index in [1.165, 1.54) is 7.11 Å². The number of ether oxygens (including phenoxy) is 1. The lowest BCUT2D eigenvalue weighted by atomic mass is 10.1. The maximum Gasteiger partial charge on any atom is 0.337 e. The molecule has 0 aliphatic carbocycles. The largest absolute Gasteiger partial charge is 0.465 e. The predicted molar refractivity (Wildman–Crippen MR) is 86.4 cm³/mol. The van der Waals surface area contributed by atoms with Crippen molar-refractivity contribution in [1.82, 2.24) is 4.57 Å². The first-order valence-electron chi connectivity index (χ1n) is 7.29. The van der Waals surface area contributed by atoms with Gasteiger partial charge in [0, 0.05) is 5.69 Å². The Morgan fingerprint density at radius 1 is 1.22 bits per heavy atom. The SMILES string of the molecule is COC(=O)c1ccc(Cn2c(C(C)C)ccc(C#N)c2=O)cc1. The molecule has 118 valence electrons. The van der Waals surface area contributed by atoms with Crippen LogP contribution in [0.3, 0.4) is 0 Å². The molecule has 0 saturated carbocycles. The molecule has 0 unspecified atom stereocenters. The minimum absolute atomic E-state index is 0.126. The second-order valence-electron chi connectivity index (χ2n) is 5.52. The second-order valence-corrected chi connectivity index (χ2v) is 5.52. The highest BCUT2D eigenvalue weighted by molar-refractivity contribution is 5.89. The minimum atomic E-state index is -0.400. The number of nitrogens with zero attached hydrogens (tertiary/aromatic N) is 2. The van der Waals surface area contributed by atoms with E-state index in [1.54, 1.807) is 34.9 Å². The first-order valence-corrected chi connectivity index (χ1v) is 7.29. The van der Waals surface area contributed by atoms with Crippen LogP contribution in [0.15, 0.2) is 41.2 Å². The van der Waals surface area contributed by atoms with Crippen molar-refractivity contribution in [2.45, 2.75) is 26.3 Å². The van der Waals surface area contributed by atoms with Crippen molar-refractivity contribution in [3.8, 4) is 6.07 Å². The van der Waals surface area contributed by atoms with Crippen LogP contribution in [-0.4, -0.2) is 17.6 Å². The first kappa shape index (κ1) is 16.5. The normalized spacial score (nSPS) is 10.4. The average Bonchev–Trinajstić information content (AvgIpc) is 2.56. The van der Waals surface area contributed by atoms with E-state index in [0.29, 0.717) is 12.1 Å². The molecule has 5 nitrogen and oxygen atoms in total. The predicted octanol–water partition coefficient (Wildman–Crippen LogP) is 2.68. The Morgan fingerprint density at radius 3 is 2.39 bits per heavy atom. The number of aromatic nitrogens is 1. The summed E-state index contributed by atoms with van der Waals surface area (Å²) in [6, 6.07) is 12.2. The Morgan fingerprint density at radius 2 is 1.87 bits per heavy atom. The lowest BCUT2D eigenvalue weighted by Gasteiger charge is -2.16. The topological polar surface area (TPSA) is 72.1 Å². The highest BCUT2D eigenvalue weighted by Gasteiger charge is 2.12.